The molecule has 3 aromatic rings. The molecule has 0 heterocycles. The summed E-state index contributed by atoms with van der Waals surface area (Å²) in [5.41, 5.74) is 7.65. The van der Waals surface area contributed by atoms with Crippen molar-refractivity contribution in [3.8, 4) is 6.07 Å². The lowest BCUT2D eigenvalue weighted by molar-refractivity contribution is -0.128. The zero-order chi connectivity index (χ0) is 23.0. The molecule has 0 spiro atoms. The second kappa shape index (κ2) is 10.4. The van der Waals surface area contributed by atoms with Gasteiger partial charge in [-0.25, -0.2) is 0 Å². The van der Waals surface area contributed by atoms with Gasteiger partial charge in [-0.1, -0.05) is 91.0 Å². The van der Waals surface area contributed by atoms with Crippen LogP contribution in [0, 0.1) is 17.2 Å². The smallest absolute Gasteiger partial charge is 0.240 e. The first-order chi connectivity index (χ1) is 15.5. The fraction of sp³-hybridized carbons (Fsp3) is 0.222. The molecule has 32 heavy (non-hydrogen) atoms. The van der Waals surface area contributed by atoms with Gasteiger partial charge in [-0.05, 0) is 30.0 Å². The van der Waals surface area contributed by atoms with Crippen LogP contribution in [0.2, 0.25) is 0 Å². The second-order valence-corrected chi connectivity index (χ2v) is 7.97. The third-order valence-electron chi connectivity index (χ3n) is 5.71. The Morgan fingerprint density at radius 1 is 0.875 bits per heavy atom. The zero-order valence-electron chi connectivity index (χ0n) is 18.1. The van der Waals surface area contributed by atoms with E-state index in [1.54, 1.807) is 6.92 Å². The van der Waals surface area contributed by atoms with Crippen LogP contribution >= 0.6 is 0 Å². The Morgan fingerprint density at radius 3 is 1.62 bits per heavy atom. The number of nitrogens with two attached hydrogens (primary N) is 1. The maximum atomic E-state index is 13.4. The van der Waals surface area contributed by atoms with E-state index in [4.69, 9.17) is 11.0 Å². The number of hydrogen-bond donors (Lipinski definition) is 2. The highest BCUT2D eigenvalue weighted by Gasteiger charge is 2.39. The van der Waals surface area contributed by atoms with Crippen molar-refractivity contribution in [2.45, 2.75) is 31.2 Å². The number of rotatable bonds is 9. The van der Waals surface area contributed by atoms with E-state index in [1.807, 2.05) is 91.0 Å². The summed E-state index contributed by atoms with van der Waals surface area (Å²) < 4.78 is 0. The lowest BCUT2D eigenvalue weighted by atomic mass is 9.67. The van der Waals surface area contributed by atoms with E-state index in [2.05, 4.69) is 11.4 Å². The van der Waals surface area contributed by atoms with Crippen molar-refractivity contribution in [1.82, 2.24) is 5.32 Å². The molecule has 3 aromatic carbocycles. The van der Waals surface area contributed by atoms with Gasteiger partial charge in [0.1, 0.15) is 6.04 Å². The summed E-state index contributed by atoms with van der Waals surface area (Å²) >= 11 is 0. The minimum absolute atomic E-state index is 0.0791. The SMILES string of the molecule is C[C@H](C#N)C[C@H](NC(=O)CC(c1ccccc1)(c1ccccc1)c1ccccc1)C(N)=O. The topological polar surface area (TPSA) is 96.0 Å². The van der Waals surface area contributed by atoms with Crippen LogP contribution in [0.25, 0.3) is 0 Å². The number of amides is 2. The van der Waals surface area contributed by atoms with Gasteiger partial charge in [-0.3, -0.25) is 9.59 Å². The molecule has 0 bridgehead atoms. The highest BCUT2D eigenvalue weighted by atomic mass is 16.2. The predicted molar refractivity (Wildman–Crippen MR) is 124 cm³/mol. The van der Waals surface area contributed by atoms with Crippen LogP contribution < -0.4 is 11.1 Å². The summed E-state index contributed by atoms with van der Waals surface area (Å²) in [7, 11) is 0. The van der Waals surface area contributed by atoms with Crippen molar-refractivity contribution >= 4 is 11.8 Å². The minimum Gasteiger partial charge on any atom is -0.368 e. The van der Waals surface area contributed by atoms with Crippen LogP contribution in [0.15, 0.2) is 91.0 Å². The first kappa shape index (κ1) is 22.8. The fourth-order valence-corrected chi connectivity index (χ4v) is 4.11. The van der Waals surface area contributed by atoms with Crippen molar-refractivity contribution in [3.63, 3.8) is 0 Å². The molecule has 0 saturated carbocycles. The molecule has 0 saturated heterocycles. The number of hydrogen-bond acceptors (Lipinski definition) is 3. The maximum Gasteiger partial charge on any atom is 0.240 e. The molecule has 3 rings (SSSR count). The molecular formula is C27H27N3O2. The summed E-state index contributed by atoms with van der Waals surface area (Å²) in [5.74, 6) is -1.37. The third kappa shape index (κ3) is 5.04. The number of nitrogens with zero attached hydrogens (tertiary/aromatic N) is 1. The average molecular weight is 426 g/mol. The van der Waals surface area contributed by atoms with E-state index in [9.17, 15) is 9.59 Å². The summed E-state index contributed by atoms with van der Waals surface area (Å²) in [6, 6.07) is 30.8. The second-order valence-electron chi connectivity index (χ2n) is 7.97. The molecule has 5 nitrogen and oxygen atoms in total. The summed E-state index contributed by atoms with van der Waals surface area (Å²) in [6.45, 7) is 1.70. The van der Waals surface area contributed by atoms with Gasteiger partial charge in [-0.15, -0.1) is 0 Å². The lowest BCUT2D eigenvalue weighted by Gasteiger charge is -2.36. The number of benzene rings is 3. The van der Waals surface area contributed by atoms with Crippen LogP contribution in [-0.4, -0.2) is 17.9 Å². The van der Waals surface area contributed by atoms with E-state index >= 15 is 0 Å². The highest BCUT2D eigenvalue weighted by Crippen LogP contribution is 2.42. The van der Waals surface area contributed by atoms with Gasteiger partial charge in [0.05, 0.1) is 11.5 Å². The Balaban J connectivity index is 2.08. The van der Waals surface area contributed by atoms with Crippen LogP contribution in [0.3, 0.4) is 0 Å². The molecule has 0 aromatic heterocycles. The molecule has 0 fully saturated rings. The number of carbonyl (C=O) groups is 2. The Labute approximate surface area is 188 Å². The average Bonchev–Trinajstić information content (AvgIpc) is 2.83. The van der Waals surface area contributed by atoms with Crippen molar-refractivity contribution in [2.75, 3.05) is 0 Å². The highest BCUT2D eigenvalue weighted by molar-refractivity contribution is 5.88. The Morgan fingerprint density at radius 2 is 1.28 bits per heavy atom. The monoisotopic (exact) mass is 425 g/mol. The number of carbonyl (C=O) groups excluding carboxylic acids is 2. The largest absolute Gasteiger partial charge is 0.368 e. The van der Waals surface area contributed by atoms with Gasteiger partial charge in [0, 0.05) is 12.3 Å². The number of nitrogens with one attached hydrogen (secondary N) is 1. The molecule has 0 aliphatic rings. The third-order valence-corrected chi connectivity index (χ3v) is 5.71. The van der Waals surface area contributed by atoms with E-state index in [1.165, 1.54) is 0 Å². The molecule has 3 N–H and O–H groups in total. The summed E-state index contributed by atoms with van der Waals surface area (Å²) in [6.07, 6.45) is 0.252. The van der Waals surface area contributed by atoms with Crippen molar-refractivity contribution in [1.29, 1.82) is 5.26 Å². The molecule has 162 valence electrons. The minimum atomic E-state index is -0.905. The standard InChI is InChI=1S/C27H27N3O2/c1-20(19-28)17-24(26(29)32)30-25(31)18-27(21-11-5-2-6-12-21,22-13-7-3-8-14-22)23-15-9-4-10-16-23/h2-16,20,24H,17-18H2,1H3,(H2,29,32)(H,30,31)/t20-,24-/m0/s1. The first-order valence-electron chi connectivity index (χ1n) is 10.6. The van der Waals surface area contributed by atoms with E-state index in [0.717, 1.165) is 16.7 Å². The molecule has 2 atom stereocenters. The molecule has 2 amide bonds. The number of primary amides is 1. The van der Waals surface area contributed by atoms with Gasteiger partial charge < -0.3 is 11.1 Å². The molecule has 0 radical (unpaired) electrons. The van der Waals surface area contributed by atoms with Crippen LogP contribution in [-0.2, 0) is 15.0 Å². The summed E-state index contributed by atoms with van der Waals surface area (Å²) in [4.78, 5) is 25.3. The van der Waals surface area contributed by atoms with Crippen molar-refractivity contribution < 1.29 is 9.59 Å². The van der Waals surface area contributed by atoms with Gasteiger partial charge in [0.2, 0.25) is 11.8 Å². The lowest BCUT2D eigenvalue weighted by Crippen LogP contribution is -2.47. The molecule has 0 aliphatic carbocycles. The zero-order valence-corrected chi connectivity index (χ0v) is 18.1. The van der Waals surface area contributed by atoms with Gasteiger partial charge >= 0.3 is 0 Å². The van der Waals surface area contributed by atoms with Gasteiger partial charge in [0.15, 0.2) is 0 Å². The van der Waals surface area contributed by atoms with Crippen LogP contribution in [0.4, 0.5) is 0 Å². The summed E-state index contributed by atoms with van der Waals surface area (Å²) in [5, 5.41) is 11.9. The molecular weight excluding hydrogens is 398 g/mol. The van der Waals surface area contributed by atoms with Gasteiger partial charge in [0.25, 0.3) is 0 Å². The normalized spacial score (nSPS) is 12.9. The quantitative estimate of drug-likeness (QED) is 0.509. The maximum absolute atomic E-state index is 13.4. The van der Waals surface area contributed by atoms with Crippen molar-refractivity contribution in [2.24, 2.45) is 11.7 Å². The van der Waals surface area contributed by atoms with Crippen LogP contribution in [0.5, 0.6) is 0 Å². The molecule has 0 aliphatic heterocycles. The van der Waals surface area contributed by atoms with E-state index < -0.39 is 23.3 Å². The first-order valence-corrected chi connectivity index (χ1v) is 10.6. The fourth-order valence-electron chi connectivity index (χ4n) is 4.11. The predicted octanol–water partition coefficient (Wildman–Crippen LogP) is 3.93. The Hall–Kier alpha value is -3.91. The Bertz CT molecular complexity index is 979. The van der Waals surface area contributed by atoms with Crippen LogP contribution in [0.1, 0.15) is 36.5 Å². The van der Waals surface area contributed by atoms with Gasteiger partial charge in [-0.2, -0.15) is 5.26 Å². The molecule has 0 unspecified atom stereocenters. The Kier molecular flexibility index (Phi) is 7.41. The van der Waals surface area contributed by atoms with Crippen molar-refractivity contribution in [3.05, 3.63) is 108 Å². The van der Waals surface area contributed by atoms with E-state index in [0.29, 0.717) is 0 Å². The van der Waals surface area contributed by atoms with E-state index in [-0.39, 0.29) is 18.7 Å². The number of nitriles is 1. The molecule has 5 heteroatoms.